The van der Waals surface area contributed by atoms with Crippen LogP contribution in [0.4, 0.5) is 5.82 Å². The summed E-state index contributed by atoms with van der Waals surface area (Å²) < 4.78 is 6.12. The number of anilines is 1. The largest absolute Gasteiger partial charge is 0.436 e. The maximum atomic E-state index is 6.12. The number of H-pyrrole nitrogens is 1. The molecule has 0 aliphatic rings. The minimum absolute atomic E-state index is 0.616. The highest BCUT2D eigenvalue weighted by atomic mass is 16.4. The highest BCUT2D eigenvalue weighted by Crippen LogP contribution is 2.32. The molecule has 0 saturated heterocycles. The average molecular weight is 396 g/mol. The van der Waals surface area contributed by atoms with Gasteiger partial charge in [-0.15, -0.1) is 0 Å². The molecular weight excluding hydrogens is 376 g/mol. The Labute approximate surface area is 173 Å². The van der Waals surface area contributed by atoms with Gasteiger partial charge in [0.05, 0.1) is 23.2 Å². The van der Waals surface area contributed by atoms with Gasteiger partial charge in [-0.2, -0.15) is 0 Å². The highest BCUT2D eigenvalue weighted by molar-refractivity contribution is 5.92. The number of rotatable bonds is 6. The Balaban J connectivity index is 1.46. The summed E-state index contributed by atoms with van der Waals surface area (Å²) in [6.07, 6.45) is 5.96. The van der Waals surface area contributed by atoms with Crippen molar-refractivity contribution in [3.05, 3.63) is 78.8 Å². The Kier molecular flexibility index (Phi) is 4.69. The molecule has 0 amide bonds. The first-order chi connectivity index (χ1) is 14.8. The summed E-state index contributed by atoms with van der Waals surface area (Å²) in [6.45, 7) is 2.68. The third kappa shape index (κ3) is 3.53. The molecule has 0 spiro atoms. The topological polar surface area (TPSA) is 92.5 Å². The number of fused-ring (bicyclic) bond motifs is 1. The Morgan fingerprint density at radius 3 is 2.73 bits per heavy atom. The molecule has 3 heterocycles. The van der Waals surface area contributed by atoms with Gasteiger partial charge in [-0.25, -0.2) is 19.9 Å². The van der Waals surface area contributed by atoms with Crippen LogP contribution in [-0.4, -0.2) is 31.5 Å². The van der Waals surface area contributed by atoms with E-state index < -0.39 is 0 Å². The van der Waals surface area contributed by atoms with E-state index in [9.17, 15) is 0 Å². The van der Waals surface area contributed by atoms with Gasteiger partial charge in [0.1, 0.15) is 12.1 Å². The molecule has 2 N–H and O–H groups in total. The van der Waals surface area contributed by atoms with E-state index in [0.717, 1.165) is 58.0 Å². The summed E-state index contributed by atoms with van der Waals surface area (Å²) in [4.78, 5) is 20.7. The molecular formula is C23H20N6O. The fourth-order valence-corrected chi connectivity index (χ4v) is 3.44. The van der Waals surface area contributed by atoms with Gasteiger partial charge in [0.2, 0.25) is 5.89 Å². The van der Waals surface area contributed by atoms with Crippen molar-refractivity contribution in [3.8, 4) is 22.8 Å². The number of aryl methyl sites for hydroxylation is 1. The number of hydrogen-bond donors (Lipinski definition) is 2. The SMILES string of the molecule is Cc1nc(-c2ccccc2)oc1-c1ccc2ncnc(NCCc3c[nH]cn3)c2c1. The number of aromatic amines is 1. The lowest BCUT2D eigenvalue weighted by Crippen LogP contribution is -2.07. The number of aromatic nitrogens is 5. The molecule has 5 rings (SSSR count). The summed E-state index contributed by atoms with van der Waals surface area (Å²) in [5, 5.41) is 4.34. The van der Waals surface area contributed by atoms with Crippen molar-refractivity contribution in [3.63, 3.8) is 0 Å². The van der Waals surface area contributed by atoms with Gasteiger partial charge < -0.3 is 14.7 Å². The molecule has 0 fully saturated rings. The number of nitrogens with one attached hydrogen (secondary N) is 2. The maximum Gasteiger partial charge on any atom is 0.226 e. The molecule has 2 aromatic carbocycles. The fourth-order valence-electron chi connectivity index (χ4n) is 3.44. The zero-order valence-electron chi connectivity index (χ0n) is 16.5. The molecule has 0 atom stereocenters. The standard InChI is InChI=1S/C23H20N6O/c1-15-21(30-23(29-15)16-5-3-2-4-6-16)17-7-8-20-19(11-17)22(28-14-27-20)25-10-9-18-12-24-13-26-18/h2-8,11-14H,9-10H2,1H3,(H,24,26)(H,25,27,28). The first-order valence-electron chi connectivity index (χ1n) is 9.77. The summed E-state index contributed by atoms with van der Waals surface area (Å²) in [5.41, 5.74) is 4.62. The third-order valence-corrected chi connectivity index (χ3v) is 4.94. The molecule has 0 aliphatic carbocycles. The zero-order chi connectivity index (χ0) is 20.3. The van der Waals surface area contributed by atoms with Gasteiger partial charge in [0, 0.05) is 35.7 Å². The van der Waals surface area contributed by atoms with Gasteiger partial charge in [-0.3, -0.25) is 0 Å². The van der Waals surface area contributed by atoms with Crippen LogP contribution in [-0.2, 0) is 6.42 Å². The third-order valence-electron chi connectivity index (χ3n) is 4.94. The first-order valence-corrected chi connectivity index (χ1v) is 9.77. The Morgan fingerprint density at radius 1 is 1.00 bits per heavy atom. The maximum absolute atomic E-state index is 6.12. The second-order valence-corrected chi connectivity index (χ2v) is 6.99. The molecule has 7 heteroatoms. The van der Waals surface area contributed by atoms with Crippen LogP contribution in [0.1, 0.15) is 11.4 Å². The van der Waals surface area contributed by atoms with Crippen LogP contribution in [0.25, 0.3) is 33.7 Å². The summed E-state index contributed by atoms with van der Waals surface area (Å²) in [5.74, 6) is 2.16. The number of imidazole rings is 1. The van der Waals surface area contributed by atoms with E-state index in [4.69, 9.17) is 4.42 Å². The minimum atomic E-state index is 0.616. The van der Waals surface area contributed by atoms with Crippen LogP contribution in [0.15, 0.2) is 71.8 Å². The molecule has 0 saturated carbocycles. The second-order valence-electron chi connectivity index (χ2n) is 6.99. The smallest absolute Gasteiger partial charge is 0.226 e. The van der Waals surface area contributed by atoms with Crippen LogP contribution in [0.5, 0.6) is 0 Å². The molecule has 0 radical (unpaired) electrons. The van der Waals surface area contributed by atoms with E-state index in [2.05, 4.69) is 36.3 Å². The van der Waals surface area contributed by atoms with E-state index in [1.54, 1.807) is 12.7 Å². The van der Waals surface area contributed by atoms with E-state index in [1.165, 1.54) is 0 Å². The van der Waals surface area contributed by atoms with Crippen LogP contribution < -0.4 is 5.32 Å². The lowest BCUT2D eigenvalue weighted by atomic mass is 10.1. The molecule has 7 nitrogen and oxygen atoms in total. The van der Waals surface area contributed by atoms with Crippen molar-refractivity contribution in [2.75, 3.05) is 11.9 Å². The van der Waals surface area contributed by atoms with Gasteiger partial charge in [-0.1, -0.05) is 18.2 Å². The minimum Gasteiger partial charge on any atom is -0.436 e. The van der Waals surface area contributed by atoms with Gasteiger partial charge in [0.25, 0.3) is 0 Å². The predicted octanol–water partition coefficient (Wildman–Crippen LogP) is 4.64. The zero-order valence-corrected chi connectivity index (χ0v) is 16.5. The first kappa shape index (κ1) is 18.1. The molecule has 0 aliphatic heterocycles. The van der Waals surface area contributed by atoms with Crippen LogP contribution in [0.3, 0.4) is 0 Å². The molecule has 0 unspecified atom stereocenters. The van der Waals surface area contributed by atoms with Gasteiger partial charge in [-0.05, 0) is 37.3 Å². The van der Waals surface area contributed by atoms with Crippen LogP contribution in [0.2, 0.25) is 0 Å². The number of benzene rings is 2. The predicted molar refractivity (Wildman–Crippen MR) is 116 cm³/mol. The van der Waals surface area contributed by atoms with Crippen molar-refractivity contribution < 1.29 is 4.42 Å². The fraction of sp³-hybridized carbons (Fsp3) is 0.130. The monoisotopic (exact) mass is 396 g/mol. The normalized spacial score (nSPS) is 11.1. The van der Waals surface area contributed by atoms with Crippen molar-refractivity contribution in [2.45, 2.75) is 13.3 Å². The van der Waals surface area contributed by atoms with Crippen LogP contribution >= 0.6 is 0 Å². The lowest BCUT2D eigenvalue weighted by molar-refractivity contribution is 0.588. The average Bonchev–Trinajstić information content (AvgIpc) is 3.44. The van der Waals surface area contributed by atoms with E-state index in [1.807, 2.05) is 55.6 Å². The Hall–Kier alpha value is -4.00. The van der Waals surface area contributed by atoms with E-state index >= 15 is 0 Å². The Morgan fingerprint density at radius 2 is 1.90 bits per heavy atom. The molecule has 5 aromatic rings. The lowest BCUT2D eigenvalue weighted by Gasteiger charge is -2.08. The van der Waals surface area contributed by atoms with Crippen molar-refractivity contribution >= 4 is 16.7 Å². The molecule has 3 aromatic heterocycles. The summed E-state index contributed by atoms with van der Waals surface area (Å²) in [7, 11) is 0. The van der Waals surface area contributed by atoms with Crippen molar-refractivity contribution in [1.29, 1.82) is 0 Å². The van der Waals surface area contributed by atoms with E-state index in [0.29, 0.717) is 5.89 Å². The number of oxazole rings is 1. The Bertz CT molecular complexity index is 1280. The van der Waals surface area contributed by atoms with Gasteiger partial charge in [0.15, 0.2) is 5.76 Å². The quantitative estimate of drug-likeness (QED) is 0.434. The van der Waals surface area contributed by atoms with E-state index in [-0.39, 0.29) is 0 Å². The molecule has 148 valence electrons. The molecule has 30 heavy (non-hydrogen) atoms. The number of hydrogen-bond acceptors (Lipinski definition) is 6. The van der Waals surface area contributed by atoms with Gasteiger partial charge >= 0.3 is 0 Å². The highest BCUT2D eigenvalue weighted by Gasteiger charge is 2.15. The second kappa shape index (κ2) is 7.79. The van der Waals surface area contributed by atoms with Crippen LogP contribution in [0, 0.1) is 6.92 Å². The summed E-state index contributed by atoms with van der Waals surface area (Å²) in [6, 6.07) is 15.9. The van der Waals surface area contributed by atoms with Crippen molar-refractivity contribution in [1.82, 2.24) is 24.9 Å². The number of nitrogens with zero attached hydrogens (tertiary/aromatic N) is 4. The summed E-state index contributed by atoms with van der Waals surface area (Å²) >= 11 is 0. The molecule has 0 bridgehead atoms. The van der Waals surface area contributed by atoms with Crippen molar-refractivity contribution in [2.24, 2.45) is 0 Å².